The van der Waals surface area contributed by atoms with E-state index in [4.69, 9.17) is 0 Å². The summed E-state index contributed by atoms with van der Waals surface area (Å²) in [6, 6.07) is -1.28. The van der Waals surface area contributed by atoms with Crippen molar-refractivity contribution in [3.05, 3.63) is 0 Å². The first-order valence-electron chi connectivity index (χ1n) is 6.67. The highest BCUT2D eigenvalue weighted by atomic mass is 16.5. The van der Waals surface area contributed by atoms with Crippen molar-refractivity contribution < 1.29 is 19.6 Å². The molecule has 7 heteroatoms. The lowest BCUT2D eigenvalue weighted by Crippen LogP contribution is -2.50. The van der Waals surface area contributed by atoms with Crippen LogP contribution in [0.5, 0.6) is 0 Å². The number of hydrogen-bond acceptors (Lipinski definition) is 4. The quantitative estimate of drug-likeness (QED) is 0.687. The van der Waals surface area contributed by atoms with Gasteiger partial charge in [-0.05, 0) is 25.7 Å². The van der Waals surface area contributed by atoms with Gasteiger partial charge in [-0.15, -0.1) is 0 Å². The number of rotatable bonds is 4. The third kappa shape index (κ3) is 2.18. The predicted octanol–water partition coefficient (Wildman–Crippen LogP) is -0.260. The van der Waals surface area contributed by atoms with Crippen molar-refractivity contribution in [2.75, 3.05) is 13.1 Å². The molecule has 3 fully saturated rings. The zero-order valence-electron chi connectivity index (χ0n) is 10.5. The highest BCUT2D eigenvalue weighted by Crippen LogP contribution is 2.30. The van der Waals surface area contributed by atoms with E-state index in [9.17, 15) is 19.6 Å². The summed E-state index contributed by atoms with van der Waals surface area (Å²) in [5.74, 6) is -0.105. The average Bonchev–Trinajstić information content (AvgIpc) is 3.23. The fourth-order valence-electron chi connectivity index (χ4n) is 2.76. The van der Waals surface area contributed by atoms with Crippen LogP contribution in [0.2, 0.25) is 0 Å². The number of hydrogen-bond donors (Lipinski definition) is 2. The first-order chi connectivity index (χ1) is 9.08. The topological polar surface area (TPSA) is 90.0 Å². The molecule has 2 bridgehead atoms. The number of urea groups is 1. The minimum absolute atomic E-state index is 0.0499. The van der Waals surface area contributed by atoms with Gasteiger partial charge in [0, 0.05) is 12.5 Å². The Bertz CT molecular complexity index is 435. The van der Waals surface area contributed by atoms with E-state index in [0.717, 1.165) is 12.8 Å². The number of ketones is 1. The number of piperidine rings is 1. The summed E-state index contributed by atoms with van der Waals surface area (Å²) in [4.78, 5) is 36.6. The number of fused-ring (bicyclic) bond motifs is 2. The van der Waals surface area contributed by atoms with Gasteiger partial charge < -0.3 is 10.2 Å². The molecule has 3 rings (SSSR count). The molecule has 0 radical (unpaired) electrons. The number of carbonyl (C=O) groups is 3. The third-order valence-electron chi connectivity index (χ3n) is 4.12. The lowest BCUT2D eigenvalue weighted by molar-refractivity contribution is -0.129. The number of nitrogens with one attached hydrogen (secondary N) is 1. The largest absolute Gasteiger partial charge is 0.347 e. The number of hydroxylamine groups is 2. The van der Waals surface area contributed by atoms with E-state index in [-0.39, 0.29) is 30.2 Å². The minimum atomic E-state index is -0.562. The summed E-state index contributed by atoms with van der Waals surface area (Å²) in [5, 5.41) is 12.8. The van der Waals surface area contributed by atoms with Gasteiger partial charge in [-0.2, -0.15) is 0 Å². The average molecular weight is 267 g/mol. The van der Waals surface area contributed by atoms with Crippen molar-refractivity contribution in [2.45, 2.75) is 37.8 Å². The molecule has 0 aromatic rings. The molecule has 1 aliphatic carbocycles. The molecule has 2 atom stereocenters. The maximum atomic E-state index is 12.0. The Morgan fingerprint density at radius 3 is 2.68 bits per heavy atom. The van der Waals surface area contributed by atoms with E-state index in [0.29, 0.717) is 24.4 Å². The third-order valence-corrected chi connectivity index (χ3v) is 4.12. The molecule has 2 heterocycles. The van der Waals surface area contributed by atoms with Gasteiger partial charge in [0.05, 0.1) is 12.6 Å². The zero-order chi connectivity index (χ0) is 13.6. The van der Waals surface area contributed by atoms with Crippen molar-refractivity contribution >= 4 is 17.7 Å². The molecule has 2 saturated heterocycles. The van der Waals surface area contributed by atoms with Crippen LogP contribution in [0.15, 0.2) is 0 Å². The van der Waals surface area contributed by atoms with E-state index in [1.165, 1.54) is 4.90 Å². The summed E-state index contributed by atoms with van der Waals surface area (Å²) in [6.07, 6.45) is 2.97. The first-order valence-corrected chi connectivity index (χ1v) is 6.67. The second-order valence-corrected chi connectivity index (χ2v) is 5.48. The number of nitrogens with zero attached hydrogens (tertiary/aromatic N) is 2. The normalized spacial score (nSPS) is 29.6. The maximum absolute atomic E-state index is 12.0. The molecule has 0 aromatic carbocycles. The maximum Gasteiger partial charge on any atom is 0.344 e. The van der Waals surface area contributed by atoms with Gasteiger partial charge in [0.25, 0.3) is 0 Å². The van der Waals surface area contributed by atoms with Crippen molar-refractivity contribution in [1.82, 2.24) is 15.3 Å². The summed E-state index contributed by atoms with van der Waals surface area (Å²) >= 11 is 0. The zero-order valence-corrected chi connectivity index (χ0v) is 10.5. The predicted molar refractivity (Wildman–Crippen MR) is 63.3 cm³/mol. The summed E-state index contributed by atoms with van der Waals surface area (Å²) in [7, 11) is 0. The van der Waals surface area contributed by atoms with Gasteiger partial charge in [0.1, 0.15) is 6.04 Å². The molecule has 19 heavy (non-hydrogen) atoms. The Morgan fingerprint density at radius 1 is 1.26 bits per heavy atom. The molecule has 0 aromatic heterocycles. The van der Waals surface area contributed by atoms with Gasteiger partial charge in [0.15, 0.2) is 5.78 Å². The Labute approximate surface area is 110 Å². The molecule has 2 aliphatic heterocycles. The molecule has 0 spiro atoms. The Morgan fingerprint density at radius 2 is 2.00 bits per heavy atom. The molecular weight excluding hydrogens is 250 g/mol. The van der Waals surface area contributed by atoms with E-state index in [1.807, 2.05) is 0 Å². The van der Waals surface area contributed by atoms with Crippen LogP contribution in [-0.4, -0.2) is 58.1 Å². The molecule has 1 saturated carbocycles. The molecule has 3 amide bonds. The van der Waals surface area contributed by atoms with Gasteiger partial charge in [0.2, 0.25) is 5.91 Å². The van der Waals surface area contributed by atoms with Gasteiger partial charge in [-0.3, -0.25) is 14.8 Å². The molecular formula is C12H17N3O4. The lowest BCUT2D eigenvalue weighted by atomic mass is 10.0. The monoisotopic (exact) mass is 267 g/mol. The lowest BCUT2D eigenvalue weighted by Gasteiger charge is -2.29. The van der Waals surface area contributed by atoms with Crippen LogP contribution in [0.1, 0.15) is 25.7 Å². The molecule has 0 unspecified atom stereocenters. The molecule has 7 nitrogen and oxygen atoms in total. The van der Waals surface area contributed by atoms with Crippen molar-refractivity contribution in [3.63, 3.8) is 0 Å². The van der Waals surface area contributed by atoms with Gasteiger partial charge in [-0.25, -0.2) is 9.86 Å². The van der Waals surface area contributed by atoms with Gasteiger partial charge in [-0.1, -0.05) is 0 Å². The standard InChI is InChI=1S/C12H17N3O4/c16-10(7-1-2-7)5-13-11(17)9-4-3-8-6-14(9)12(18)15(8)19/h7-9,19H,1-6H2,(H,13,17)/t8-,9+/m1/s1. The minimum Gasteiger partial charge on any atom is -0.347 e. The first kappa shape index (κ1) is 12.4. The number of amides is 3. The second kappa shape index (κ2) is 4.48. The molecule has 104 valence electrons. The van der Waals surface area contributed by atoms with E-state index in [2.05, 4.69) is 5.32 Å². The Kier molecular flexibility index (Phi) is 2.93. The Hall–Kier alpha value is -1.63. The highest BCUT2D eigenvalue weighted by molar-refractivity contribution is 5.92. The van der Waals surface area contributed by atoms with Crippen LogP contribution >= 0.6 is 0 Å². The smallest absolute Gasteiger partial charge is 0.344 e. The van der Waals surface area contributed by atoms with Crippen LogP contribution < -0.4 is 5.32 Å². The van der Waals surface area contributed by atoms with E-state index in [1.54, 1.807) is 0 Å². The summed E-state index contributed by atoms with van der Waals surface area (Å²) < 4.78 is 0. The Balaban J connectivity index is 1.57. The van der Waals surface area contributed by atoms with E-state index >= 15 is 0 Å². The summed E-state index contributed by atoms with van der Waals surface area (Å²) in [5.41, 5.74) is 0. The van der Waals surface area contributed by atoms with Crippen LogP contribution in [0.3, 0.4) is 0 Å². The highest BCUT2D eigenvalue weighted by Gasteiger charge is 2.46. The molecule has 3 aliphatic rings. The van der Waals surface area contributed by atoms with Crippen molar-refractivity contribution in [1.29, 1.82) is 0 Å². The van der Waals surface area contributed by atoms with Crippen LogP contribution in [0.4, 0.5) is 4.79 Å². The fourth-order valence-corrected chi connectivity index (χ4v) is 2.76. The van der Waals surface area contributed by atoms with Crippen molar-refractivity contribution in [2.24, 2.45) is 5.92 Å². The number of carbonyl (C=O) groups excluding carboxylic acids is 3. The van der Waals surface area contributed by atoms with Gasteiger partial charge >= 0.3 is 6.03 Å². The van der Waals surface area contributed by atoms with Crippen LogP contribution in [0, 0.1) is 5.92 Å². The van der Waals surface area contributed by atoms with Crippen LogP contribution in [0.25, 0.3) is 0 Å². The van der Waals surface area contributed by atoms with Crippen LogP contribution in [-0.2, 0) is 9.59 Å². The van der Waals surface area contributed by atoms with Crippen molar-refractivity contribution in [3.8, 4) is 0 Å². The SMILES string of the molecule is O=C(CNC(=O)[C@@H]1CC[C@@H]2CN1C(=O)N2O)C1CC1. The fraction of sp³-hybridized carbons (Fsp3) is 0.750. The molecule has 2 N–H and O–H groups in total. The second-order valence-electron chi connectivity index (χ2n) is 5.48. The van der Waals surface area contributed by atoms with E-state index < -0.39 is 12.1 Å². The summed E-state index contributed by atoms with van der Waals surface area (Å²) in [6.45, 7) is 0.429. The number of Topliss-reactive ketones (excluding diaryl/α,β-unsaturated/α-hetero) is 1.